The van der Waals surface area contributed by atoms with E-state index in [2.05, 4.69) is 6.92 Å². The first-order chi connectivity index (χ1) is 8.79. The minimum atomic E-state index is -6.76. The lowest BCUT2D eigenvalue weighted by atomic mass is 9.84. The van der Waals surface area contributed by atoms with Crippen molar-refractivity contribution in [3.63, 3.8) is 0 Å². The molecular weight excluding hydrogens is 303 g/mol. The molecule has 0 bridgehead atoms. The van der Waals surface area contributed by atoms with Crippen LogP contribution in [-0.4, -0.2) is 23.9 Å². The second-order valence-electron chi connectivity index (χ2n) is 4.75. The van der Waals surface area contributed by atoms with Gasteiger partial charge in [0.25, 0.3) is 0 Å². The van der Waals surface area contributed by atoms with Gasteiger partial charge in [0.1, 0.15) is 0 Å². The van der Waals surface area contributed by atoms with Gasteiger partial charge in [0.15, 0.2) is 0 Å². The van der Waals surface area contributed by atoms with Gasteiger partial charge in [-0.15, -0.1) is 0 Å². The van der Waals surface area contributed by atoms with Gasteiger partial charge in [-0.05, 0) is 25.2 Å². The number of hydrogen-bond acceptors (Lipinski definition) is 0. The molecule has 1 saturated carbocycles. The Kier molecular flexibility index (Phi) is 4.34. The maximum atomic E-state index is 13.6. The number of hydrogen-bond donors (Lipinski definition) is 0. The predicted molar refractivity (Wildman–Crippen MR) is 51.4 cm³/mol. The van der Waals surface area contributed by atoms with Gasteiger partial charge in [0.2, 0.25) is 0 Å². The molecule has 9 heteroatoms. The Labute approximate surface area is 109 Å². The van der Waals surface area contributed by atoms with E-state index in [0.29, 0.717) is 6.42 Å². The molecule has 0 amide bonds. The zero-order valence-electron chi connectivity index (χ0n) is 9.96. The lowest BCUT2D eigenvalue weighted by Gasteiger charge is -2.39. The molecule has 0 heterocycles. The summed E-state index contributed by atoms with van der Waals surface area (Å²) in [6.45, 7) is 3.34. The monoisotopic (exact) mass is 314 g/mol. The van der Waals surface area contributed by atoms with Crippen molar-refractivity contribution in [2.24, 2.45) is 11.8 Å². The van der Waals surface area contributed by atoms with Crippen LogP contribution in [0.2, 0.25) is 0 Å². The zero-order chi connectivity index (χ0) is 16.0. The largest absolute Gasteiger partial charge is 0.437 e. The minimum absolute atomic E-state index is 0.0698. The Morgan fingerprint density at radius 3 is 1.65 bits per heavy atom. The normalized spacial score (nSPS) is 26.1. The minimum Gasteiger partial charge on any atom is -0.217 e. The van der Waals surface area contributed by atoms with Crippen molar-refractivity contribution < 1.29 is 39.5 Å². The molecule has 118 valence electrons. The van der Waals surface area contributed by atoms with Gasteiger partial charge in [0.05, 0.1) is 0 Å². The van der Waals surface area contributed by atoms with Crippen molar-refractivity contribution in [1.29, 1.82) is 0 Å². The molecule has 0 spiro atoms. The summed E-state index contributed by atoms with van der Waals surface area (Å²) in [5.74, 6) is -8.62. The van der Waals surface area contributed by atoms with E-state index < -0.39 is 42.2 Å². The lowest BCUT2D eigenvalue weighted by Crippen LogP contribution is -2.66. The SMILES string of the molecule is [CH2]CC1C[CH]C(C(F)(F)C(F)(C(F)(F)F)C(F)(F)F)C1. The molecule has 1 fully saturated rings. The molecule has 0 aromatic rings. The van der Waals surface area contributed by atoms with Crippen molar-refractivity contribution in [3.8, 4) is 0 Å². The fraction of sp³-hybridized carbons (Fsp3) is 0.818. The summed E-state index contributed by atoms with van der Waals surface area (Å²) in [6, 6.07) is 0. The van der Waals surface area contributed by atoms with Gasteiger partial charge in [-0.3, -0.25) is 0 Å². The van der Waals surface area contributed by atoms with Crippen LogP contribution in [0.5, 0.6) is 0 Å². The number of alkyl halides is 9. The highest BCUT2D eigenvalue weighted by atomic mass is 19.4. The summed E-state index contributed by atoms with van der Waals surface area (Å²) in [4.78, 5) is 0. The molecule has 0 nitrogen and oxygen atoms in total. The van der Waals surface area contributed by atoms with Crippen molar-refractivity contribution in [2.45, 2.75) is 43.2 Å². The third-order valence-corrected chi connectivity index (χ3v) is 3.46. The molecule has 2 atom stereocenters. The Balaban J connectivity index is 3.20. The van der Waals surface area contributed by atoms with Crippen LogP contribution in [-0.2, 0) is 0 Å². The van der Waals surface area contributed by atoms with Gasteiger partial charge in [-0.25, -0.2) is 13.2 Å². The molecular formula is C11H11F9. The highest BCUT2D eigenvalue weighted by molar-refractivity contribution is 5.12. The van der Waals surface area contributed by atoms with Crippen LogP contribution in [0.15, 0.2) is 0 Å². The van der Waals surface area contributed by atoms with Crippen LogP contribution in [0.3, 0.4) is 0 Å². The molecule has 2 radical (unpaired) electrons. The fourth-order valence-corrected chi connectivity index (χ4v) is 2.23. The molecule has 0 saturated heterocycles. The highest BCUT2D eigenvalue weighted by Gasteiger charge is 2.85. The molecule has 1 rings (SSSR count). The smallest absolute Gasteiger partial charge is 0.217 e. The summed E-state index contributed by atoms with van der Waals surface area (Å²) < 4.78 is 115. The highest BCUT2D eigenvalue weighted by Crippen LogP contribution is 2.59. The quantitative estimate of drug-likeness (QED) is 0.649. The van der Waals surface area contributed by atoms with Crippen molar-refractivity contribution in [1.82, 2.24) is 0 Å². The van der Waals surface area contributed by atoms with Gasteiger partial charge in [0, 0.05) is 5.92 Å². The first-order valence-electron chi connectivity index (χ1n) is 5.61. The van der Waals surface area contributed by atoms with E-state index in [-0.39, 0.29) is 12.8 Å². The van der Waals surface area contributed by atoms with E-state index in [1.54, 1.807) is 0 Å². The summed E-state index contributed by atoms with van der Waals surface area (Å²) in [5, 5.41) is 0. The Hall–Kier alpha value is -0.630. The molecule has 1 aliphatic carbocycles. The van der Waals surface area contributed by atoms with E-state index >= 15 is 0 Å². The topological polar surface area (TPSA) is 0 Å². The first-order valence-corrected chi connectivity index (χ1v) is 5.61. The summed E-state index contributed by atoms with van der Waals surface area (Å²) in [5.41, 5.74) is -6.57. The first kappa shape index (κ1) is 17.4. The Morgan fingerprint density at radius 2 is 1.35 bits per heavy atom. The Bertz CT molecular complexity index is 327. The average Bonchev–Trinajstić information content (AvgIpc) is 2.73. The summed E-state index contributed by atoms with van der Waals surface area (Å²) >= 11 is 0. The summed E-state index contributed by atoms with van der Waals surface area (Å²) in [7, 11) is 0. The standard InChI is InChI=1S/C11H11F9/c1-2-6-3-4-7(5-6)8(12,13)9(14,10(15,16)17)11(18,19)20/h4,6-7H,1-3,5H2. The van der Waals surface area contributed by atoms with Crippen LogP contribution in [0.25, 0.3) is 0 Å². The second kappa shape index (κ2) is 4.98. The molecule has 1 aliphatic rings. The van der Waals surface area contributed by atoms with Gasteiger partial charge in [-0.2, -0.15) is 26.3 Å². The predicted octanol–water partition coefficient (Wildman–Crippen LogP) is 4.91. The molecule has 0 aromatic carbocycles. The van der Waals surface area contributed by atoms with Crippen molar-refractivity contribution >= 4 is 0 Å². The lowest BCUT2D eigenvalue weighted by molar-refractivity contribution is -0.403. The zero-order valence-corrected chi connectivity index (χ0v) is 9.96. The molecule has 0 aromatic heterocycles. The second-order valence-corrected chi connectivity index (χ2v) is 4.75. The van der Waals surface area contributed by atoms with E-state index in [4.69, 9.17) is 0 Å². The van der Waals surface area contributed by atoms with Crippen LogP contribution < -0.4 is 0 Å². The molecule has 20 heavy (non-hydrogen) atoms. The van der Waals surface area contributed by atoms with Crippen LogP contribution in [0, 0.1) is 25.2 Å². The van der Waals surface area contributed by atoms with Crippen LogP contribution in [0.4, 0.5) is 39.5 Å². The maximum absolute atomic E-state index is 13.6. The van der Waals surface area contributed by atoms with Gasteiger partial charge >= 0.3 is 23.9 Å². The maximum Gasteiger partial charge on any atom is 0.437 e. The molecule has 0 N–H and O–H groups in total. The molecule has 0 aliphatic heterocycles. The third kappa shape index (κ3) is 2.47. The van der Waals surface area contributed by atoms with Crippen LogP contribution >= 0.6 is 0 Å². The van der Waals surface area contributed by atoms with Gasteiger partial charge in [-0.1, -0.05) is 13.3 Å². The van der Waals surface area contributed by atoms with Gasteiger partial charge < -0.3 is 0 Å². The Morgan fingerprint density at radius 1 is 0.900 bits per heavy atom. The number of rotatable bonds is 3. The van der Waals surface area contributed by atoms with Crippen molar-refractivity contribution in [3.05, 3.63) is 13.3 Å². The fourth-order valence-electron chi connectivity index (χ4n) is 2.23. The molecule has 2 unspecified atom stereocenters. The van der Waals surface area contributed by atoms with E-state index in [1.165, 1.54) is 0 Å². The van der Waals surface area contributed by atoms with E-state index in [0.717, 1.165) is 0 Å². The summed E-state index contributed by atoms with van der Waals surface area (Å²) in [6.07, 6.45) is -13.6. The number of halogens is 9. The van der Waals surface area contributed by atoms with E-state index in [9.17, 15) is 39.5 Å². The third-order valence-electron chi connectivity index (χ3n) is 3.46. The van der Waals surface area contributed by atoms with E-state index in [1.807, 2.05) is 0 Å². The average molecular weight is 314 g/mol. The van der Waals surface area contributed by atoms with Crippen LogP contribution in [0.1, 0.15) is 19.3 Å². The van der Waals surface area contributed by atoms with Crippen molar-refractivity contribution in [2.75, 3.05) is 0 Å².